The molecule has 0 saturated carbocycles. The highest BCUT2D eigenvalue weighted by Crippen LogP contribution is 2.16. The molecule has 128 valence electrons. The van der Waals surface area contributed by atoms with Gasteiger partial charge in [-0.1, -0.05) is 19.8 Å². The van der Waals surface area contributed by atoms with E-state index in [1.165, 1.54) is 12.8 Å². The Hall–Kier alpha value is -2.63. The van der Waals surface area contributed by atoms with Crippen LogP contribution in [0.2, 0.25) is 0 Å². The summed E-state index contributed by atoms with van der Waals surface area (Å²) in [7, 11) is 3.95. The predicted molar refractivity (Wildman–Crippen MR) is 98.8 cm³/mol. The zero-order chi connectivity index (χ0) is 17.4. The third kappa shape index (κ3) is 5.22. The maximum Gasteiger partial charge on any atom is 0.258 e. The van der Waals surface area contributed by atoms with E-state index in [0.717, 1.165) is 24.3 Å². The fraction of sp³-hybridized carbons (Fsp3) is 0.389. The fourth-order valence-electron chi connectivity index (χ4n) is 2.16. The summed E-state index contributed by atoms with van der Waals surface area (Å²) in [5, 5.41) is 6.00. The van der Waals surface area contributed by atoms with Gasteiger partial charge in [0.25, 0.3) is 5.91 Å². The summed E-state index contributed by atoms with van der Waals surface area (Å²) in [5.74, 6) is 0.336. The summed E-state index contributed by atoms with van der Waals surface area (Å²) < 4.78 is 0. The van der Waals surface area contributed by atoms with Gasteiger partial charge in [-0.15, -0.1) is 0 Å². The third-order valence-corrected chi connectivity index (χ3v) is 3.62. The van der Waals surface area contributed by atoms with E-state index < -0.39 is 0 Å². The molecule has 0 atom stereocenters. The molecule has 2 aromatic rings. The minimum absolute atomic E-state index is 0.217. The molecule has 0 bridgehead atoms. The lowest BCUT2D eigenvalue weighted by atomic mass is 10.2. The number of hydrogen-bond acceptors (Lipinski definition) is 5. The number of carbonyl (C=O) groups is 1. The van der Waals surface area contributed by atoms with Crippen LogP contribution < -0.4 is 15.5 Å². The predicted octanol–water partition coefficient (Wildman–Crippen LogP) is 3.40. The van der Waals surface area contributed by atoms with Gasteiger partial charge in [0.2, 0.25) is 5.95 Å². The molecular weight excluding hydrogens is 302 g/mol. The van der Waals surface area contributed by atoms with Crippen LogP contribution in [0.25, 0.3) is 0 Å². The summed E-state index contributed by atoms with van der Waals surface area (Å²) in [6.45, 7) is 3.01. The van der Waals surface area contributed by atoms with E-state index in [2.05, 4.69) is 27.5 Å². The van der Waals surface area contributed by atoms with E-state index in [0.29, 0.717) is 11.5 Å². The van der Waals surface area contributed by atoms with Crippen molar-refractivity contribution in [2.45, 2.75) is 26.2 Å². The number of nitrogens with one attached hydrogen (secondary N) is 2. The number of aromatic nitrogens is 2. The van der Waals surface area contributed by atoms with Gasteiger partial charge in [-0.2, -0.15) is 0 Å². The Morgan fingerprint density at radius 1 is 1.08 bits per heavy atom. The lowest BCUT2D eigenvalue weighted by molar-refractivity contribution is 0.102. The van der Waals surface area contributed by atoms with Gasteiger partial charge in [-0.3, -0.25) is 4.79 Å². The highest BCUT2D eigenvalue weighted by Gasteiger charge is 2.08. The van der Waals surface area contributed by atoms with Crippen molar-refractivity contribution >= 4 is 23.2 Å². The first kappa shape index (κ1) is 17.7. The number of carbonyl (C=O) groups excluding carboxylic acids is 1. The first-order chi connectivity index (χ1) is 11.6. The van der Waals surface area contributed by atoms with E-state index in [1.807, 2.05) is 43.3 Å². The molecule has 0 aliphatic rings. The lowest BCUT2D eigenvalue weighted by Gasteiger charge is -2.13. The Morgan fingerprint density at radius 3 is 2.33 bits per heavy atom. The van der Waals surface area contributed by atoms with Gasteiger partial charge in [0.15, 0.2) is 0 Å². The van der Waals surface area contributed by atoms with E-state index in [9.17, 15) is 4.79 Å². The van der Waals surface area contributed by atoms with Gasteiger partial charge >= 0.3 is 0 Å². The van der Waals surface area contributed by atoms with E-state index >= 15 is 0 Å². The van der Waals surface area contributed by atoms with Crippen LogP contribution in [-0.2, 0) is 0 Å². The van der Waals surface area contributed by atoms with Crippen molar-refractivity contribution in [2.24, 2.45) is 0 Å². The molecule has 1 aromatic heterocycles. The second-order valence-corrected chi connectivity index (χ2v) is 5.82. The zero-order valence-electron chi connectivity index (χ0n) is 14.5. The summed E-state index contributed by atoms with van der Waals surface area (Å²) in [4.78, 5) is 22.6. The molecule has 6 nitrogen and oxygen atoms in total. The molecule has 0 radical (unpaired) electrons. The maximum atomic E-state index is 12.2. The average molecular weight is 327 g/mol. The van der Waals surface area contributed by atoms with Gasteiger partial charge < -0.3 is 15.5 Å². The molecular formula is C18H25N5O. The smallest absolute Gasteiger partial charge is 0.258 e. The molecule has 2 N–H and O–H groups in total. The van der Waals surface area contributed by atoms with Gasteiger partial charge in [0, 0.05) is 44.4 Å². The van der Waals surface area contributed by atoms with E-state index in [1.54, 1.807) is 12.4 Å². The van der Waals surface area contributed by atoms with Gasteiger partial charge in [0.05, 0.1) is 5.56 Å². The minimum atomic E-state index is -0.217. The molecule has 24 heavy (non-hydrogen) atoms. The monoisotopic (exact) mass is 327 g/mol. The molecule has 0 spiro atoms. The summed E-state index contributed by atoms with van der Waals surface area (Å²) in [5.41, 5.74) is 2.26. The number of anilines is 3. The number of benzene rings is 1. The van der Waals surface area contributed by atoms with Gasteiger partial charge in [-0.25, -0.2) is 9.97 Å². The largest absolute Gasteiger partial charge is 0.378 e. The fourth-order valence-corrected chi connectivity index (χ4v) is 2.16. The van der Waals surface area contributed by atoms with Crippen molar-refractivity contribution in [1.29, 1.82) is 0 Å². The van der Waals surface area contributed by atoms with Crippen molar-refractivity contribution in [3.8, 4) is 0 Å². The van der Waals surface area contributed by atoms with Crippen LogP contribution in [0, 0.1) is 0 Å². The first-order valence-corrected chi connectivity index (χ1v) is 8.25. The summed E-state index contributed by atoms with van der Waals surface area (Å²) in [6, 6.07) is 7.65. The van der Waals surface area contributed by atoms with Crippen molar-refractivity contribution in [3.63, 3.8) is 0 Å². The van der Waals surface area contributed by atoms with Crippen LogP contribution in [0.4, 0.5) is 17.3 Å². The maximum absolute atomic E-state index is 12.2. The topological polar surface area (TPSA) is 70.2 Å². The number of rotatable bonds is 8. The van der Waals surface area contributed by atoms with Crippen molar-refractivity contribution in [3.05, 3.63) is 42.2 Å². The Bertz CT molecular complexity index is 637. The second kappa shape index (κ2) is 8.86. The SMILES string of the molecule is CCCCCNc1ncc(C(=O)Nc2ccc(N(C)C)cc2)cn1. The van der Waals surface area contributed by atoms with Crippen LogP contribution in [0.1, 0.15) is 36.5 Å². The number of amides is 1. The molecule has 2 rings (SSSR count). The molecule has 0 aliphatic carbocycles. The molecule has 1 aromatic carbocycles. The van der Waals surface area contributed by atoms with Crippen LogP contribution in [-0.4, -0.2) is 36.5 Å². The molecule has 0 saturated heterocycles. The van der Waals surface area contributed by atoms with E-state index in [-0.39, 0.29) is 5.91 Å². The normalized spacial score (nSPS) is 10.3. The van der Waals surface area contributed by atoms with Crippen LogP contribution in [0.3, 0.4) is 0 Å². The molecule has 0 fully saturated rings. The Balaban J connectivity index is 1.90. The zero-order valence-corrected chi connectivity index (χ0v) is 14.5. The van der Waals surface area contributed by atoms with E-state index in [4.69, 9.17) is 0 Å². The van der Waals surface area contributed by atoms with Crippen LogP contribution in [0.15, 0.2) is 36.7 Å². The number of hydrogen-bond donors (Lipinski definition) is 2. The quantitative estimate of drug-likeness (QED) is 0.727. The van der Waals surface area contributed by atoms with Crippen LogP contribution >= 0.6 is 0 Å². The number of nitrogens with zero attached hydrogens (tertiary/aromatic N) is 3. The Kier molecular flexibility index (Phi) is 6.54. The molecule has 0 unspecified atom stereocenters. The van der Waals surface area contributed by atoms with Gasteiger partial charge in [-0.05, 0) is 30.7 Å². The van der Waals surface area contributed by atoms with Gasteiger partial charge in [0.1, 0.15) is 0 Å². The third-order valence-electron chi connectivity index (χ3n) is 3.62. The molecule has 1 amide bonds. The van der Waals surface area contributed by atoms with Crippen LogP contribution in [0.5, 0.6) is 0 Å². The highest BCUT2D eigenvalue weighted by molar-refractivity contribution is 6.03. The Labute approximate surface area is 143 Å². The Morgan fingerprint density at radius 2 is 1.75 bits per heavy atom. The van der Waals surface area contributed by atoms with Crippen molar-refractivity contribution in [2.75, 3.05) is 36.2 Å². The highest BCUT2D eigenvalue weighted by atomic mass is 16.1. The van der Waals surface area contributed by atoms with Crippen molar-refractivity contribution < 1.29 is 4.79 Å². The second-order valence-electron chi connectivity index (χ2n) is 5.82. The number of unbranched alkanes of at least 4 members (excludes halogenated alkanes) is 2. The molecule has 1 heterocycles. The molecule has 0 aliphatic heterocycles. The lowest BCUT2D eigenvalue weighted by Crippen LogP contribution is -2.14. The standard InChI is InChI=1S/C18H25N5O/c1-4-5-6-11-19-18-20-12-14(13-21-18)17(24)22-15-7-9-16(10-8-15)23(2)3/h7-10,12-13H,4-6,11H2,1-3H3,(H,22,24)(H,19,20,21). The summed E-state index contributed by atoms with van der Waals surface area (Å²) in [6.07, 6.45) is 6.53. The summed E-state index contributed by atoms with van der Waals surface area (Å²) >= 11 is 0. The first-order valence-electron chi connectivity index (χ1n) is 8.25. The average Bonchev–Trinajstić information content (AvgIpc) is 2.59. The van der Waals surface area contributed by atoms with Crippen molar-refractivity contribution in [1.82, 2.24) is 9.97 Å². The molecule has 6 heteroatoms. The minimum Gasteiger partial charge on any atom is -0.378 e.